The molecule has 0 radical (unpaired) electrons. The monoisotopic (exact) mass is 199 g/mol. The van der Waals surface area contributed by atoms with Crippen LogP contribution in [0.5, 0.6) is 0 Å². The number of hydrogen-bond acceptors (Lipinski definition) is 2. The molecule has 1 fully saturated rings. The van der Waals surface area contributed by atoms with Gasteiger partial charge in [0.1, 0.15) is 0 Å². The summed E-state index contributed by atoms with van der Waals surface area (Å²) in [5.74, 6) is 0. The third kappa shape index (κ3) is 4.43. The van der Waals surface area contributed by atoms with E-state index >= 15 is 0 Å². The molecule has 0 bridgehead atoms. The van der Waals surface area contributed by atoms with Crippen LogP contribution in [0.15, 0.2) is 0 Å². The van der Waals surface area contributed by atoms with Crippen molar-refractivity contribution in [2.24, 2.45) is 5.73 Å². The first-order chi connectivity index (χ1) is 6.84. The predicted molar refractivity (Wildman–Crippen MR) is 60.3 cm³/mol. The molecule has 2 heteroatoms. The number of unbranched alkanes of at least 4 members (excludes halogenated alkanes) is 2. The Morgan fingerprint density at radius 3 is 2.71 bits per heavy atom. The number of rotatable bonds is 5. The average Bonchev–Trinajstić information content (AvgIpc) is 2.39. The van der Waals surface area contributed by atoms with Crippen molar-refractivity contribution in [1.82, 2.24) is 0 Å². The van der Waals surface area contributed by atoms with Crippen LogP contribution in [0.25, 0.3) is 0 Å². The summed E-state index contributed by atoms with van der Waals surface area (Å²) in [6.45, 7) is 3.13. The lowest BCUT2D eigenvalue weighted by molar-refractivity contribution is 0.0292. The minimum Gasteiger partial charge on any atom is -0.377 e. The van der Waals surface area contributed by atoms with E-state index in [4.69, 9.17) is 10.5 Å². The standard InChI is InChI=1S/C12H25NO/c1-2-3-7-10-14-12-9-6-4-5-8-11(12)13/h11-12H,2-10,13H2,1H3. The highest BCUT2D eigenvalue weighted by Crippen LogP contribution is 2.19. The summed E-state index contributed by atoms with van der Waals surface area (Å²) in [4.78, 5) is 0. The zero-order valence-corrected chi connectivity index (χ0v) is 9.50. The van der Waals surface area contributed by atoms with Gasteiger partial charge in [-0.05, 0) is 19.3 Å². The van der Waals surface area contributed by atoms with Gasteiger partial charge >= 0.3 is 0 Å². The largest absolute Gasteiger partial charge is 0.377 e. The normalized spacial score (nSPS) is 28.7. The first-order valence-electron chi connectivity index (χ1n) is 6.21. The van der Waals surface area contributed by atoms with Gasteiger partial charge in [0, 0.05) is 12.6 Å². The van der Waals surface area contributed by atoms with Gasteiger partial charge in [0.2, 0.25) is 0 Å². The second kappa shape index (κ2) is 7.24. The fraction of sp³-hybridized carbons (Fsp3) is 1.00. The van der Waals surface area contributed by atoms with Gasteiger partial charge in [0.25, 0.3) is 0 Å². The molecule has 2 unspecified atom stereocenters. The summed E-state index contributed by atoms with van der Waals surface area (Å²) < 4.78 is 5.85. The Kier molecular flexibility index (Phi) is 6.20. The Morgan fingerprint density at radius 2 is 1.93 bits per heavy atom. The van der Waals surface area contributed by atoms with Crippen molar-refractivity contribution in [2.75, 3.05) is 6.61 Å². The van der Waals surface area contributed by atoms with Gasteiger partial charge in [0.05, 0.1) is 6.10 Å². The predicted octanol–water partition coefficient (Wildman–Crippen LogP) is 2.85. The van der Waals surface area contributed by atoms with Crippen LogP contribution < -0.4 is 5.73 Å². The van der Waals surface area contributed by atoms with Gasteiger partial charge in [-0.1, -0.05) is 39.0 Å². The van der Waals surface area contributed by atoms with Crippen LogP contribution in [-0.2, 0) is 4.74 Å². The first kappa shape index (κ1) is 12.0. The molecule has 2 nitrogen and oxygen atoms in total. The lowest BCUT2D eigenvalue weighted by Gasteiger charge is -2.21. The van der Waals surface area contributed by atoms with Gasteiger partial charge in [-0.3, -0.25) is 0 Å². The van der Waals surface area contributed by atoms with E-state index in [9.17, 15) is 0 Å². The van der Waals surface area contributed by atoms with Crippen molar-refractivity contribution < 1.29 is 4.74 Å². The fourth-order valence-corrected chi connectivity index (χ4v) is 2.10. The van der Waals surface area contributed by atoms with Crippen molar-refractivity contribution in [3.05, 3.63) is 0 Å². The highest BCUT2D eigenvalue weighted by Gasteiger charge is 2.20. The first-order valence-corrected chi connectivity index (χ1v) is 6.21. The van der Waals surface area contributed by atoms with Crippen molar-refractivity contribution >= 4 is 0 Å². The molecule has 0 amide bonds. The molecule has 1 aliphatic carbocycles. The smallest absolute Gasteiger partial charge is 0.0725 e. The molecule has 0 spiro atoms. The molecular weight excluding hydrogens is 174 g/mol. The quantitative estimate of drug-likeness (QED) is 0.546. The van der Waals surface area contributed by atoms with Crippen molar-refractivity contribution in [3.8, 4) is 0 Å². The van der Waals surface area contributed by atoms with Crippen LogP contribution >= 0.6 is 0 Å². The van der Waals surface area contributed by atoms with Gasteiger partial charge in [-0.25, -0.2) is 0 Å². The lowest BCUT2D eigenvalue weighted by atomic mass is 10.1. The molecule has 0 aromatic carbocycles. The third-order valence-electron chi connectivity index (χ3n) is 3.08. The SMILES string of the molecule is CCCCCOC1CCCCCC1N. The van der Waals surface area contributed by atoms with Gasteiger partial charge < -0.3 is 10.5 Å². The van der Waals surface area contributed by atoms with E-state index in [0.717, 1.165) is 13.0 Å². The average molecular weight is 199 g/mol. The van der Waals surface area contributed by atoms with E-state index in [1.54, 1.807) is 0 Å². The minimum absolute atomic E-state index is 0.291. The topological polar surface area (TPSA) is 35.2 Å². The van der Waals surface area contributed by atoms with Crippen molar-refractivity contribution in [2.45, 2.75) is 70.4 Å². The molecule has 84 valence electrons. The lowest BCUT2D eigenvalue weighted by Crippen LogP contribution is -2.35. The fourth-order valence-electron chi connectivity index (χ4n) is 2.10. The minimum atomic E-state index is 0.291. The van der Waals surface area contributed by atoms with Crippen LogP contribution in [0.1, 0.15) is 58.3 Å². The molecule has 0 aromatic rings. The number of ether oxygens (including phenoxy) is 1. The summed E-state index contributed by atoms with van der Waals surface area (Å²) in [5.41, 5.74) is 6.07. The highest BCUT2D eigenvalue weighted by atomic mass is 16.5. The van der Waals surface area contributed by atoms with Crippen LogP contribution in [0.4, 0.5) is 0 Å². The summed E-state index contributed by atoms with van der Waals surface area (Å²) >= 11 is 0. The van der Waals surface area contributed by atoms with Crippen LogP contribution in [0.3, 0.4) is 0 Å². The maximum Gasteiger partial charge on any atom is 0.0725 e. The Balaban J connectivity index is 2.13. The van der Waals surface area contributed by atoms with Crippen LogP contribution in [0, 0.1) is 0 Å². The van der Waals surface area contributed by atoms with E-state index in [-0.39, 0.29) is 0 Å². The van der Waals surface area contributed by atoms with Gasteiger partial charge in [-0.15, -0.1) is 0 Å². The Bertz CT molecular complexity index is 138. The number of nitrogens with two attached hydrogens (primary N) is 1. The maximum absolute atomic E-state index is 6.07. The van der Waals surface area contributed by atoms with Crippen LogP contribution in [-0.4, -0.2) is 18.8 Å². The molecule has 1 saturated carbocycles. The molecule has 0 aromatic heterocycles. The van der Waals surface area contributed by atoms with Crippen molar-refractivity contribution in [3.63, 3.8) is 0 Å². The van der Waals surface area contributed by atoms with E-state index < -0.39 is 0 Å². The van der Waals surface area contributed by atoms with E-state index in [1.807, 2.05) is 0 Å². The summed E-state index contributed by atoms with van der Waals surface area (Å²) in [7, 11) is 0. The molecule has 2 N–H and O–H groups in total. The molecule has 0 saturated heterocycles. The summed E-state index contributed by atoms with van der Waals surface area (Å²) in [6.07, 6.45) is 10.3. The molecule has 1 rings (SSSR count). The molecule has 1 aliphatic rings. The van der Waals surface area contributed by atoms with Crippen LogP contribution in [0.2, 0.25) is 0 Å². The second-order valence-electron chi connectivity index (χ2n) is 4.42. The number of hydrogen-bond donors (Lipinski definition) is 1. The Morgan fingerprint density at radius 1 is 1.14 bits per heavy atom. The zero-order valence-electron chi connectivity index (χ0n) is 9.50. The highest BCUT2D eigenvalue weighted by molar-refractivity contribution is 4.76. The molecule has 14 heavy (non-hydrogen) atoms. The van der Waals surface area contributed by atoms with E-state index in [1.165, 1.54) is 44.9 Å². The second-order valence-corrected chi connectivity index (χ2v) is 4.42. The van der Waals surface area contributed by atoms with E-state index in [0.29, 0.717) is 12.1 Å². The molecule has 2 atom stereocenters. The molecular formula is C12H25NO. The summed E-state index contributed by atoms with van der Waals surface area (Å²) in [5, 5.41) is 0. The van der Waals surface area contributed by atoms with Gasteiger partial charge in [0.15, 0.2) is 0 Å². The molecule has 0 aliphatic heterocycles. The Hall–Kier alpha value is -0.0800. The molecule has 0 heterocycles. The van der Waals surface area contributed by atoms with E-state index in [2.05, 4.69) is 6.92 Å². The zero-order chi connectivity index (χ0) is 10.2. The maximum atomic E-state index is 6.07. The third-order valence-corrected chi connectivity index (χ3v) is 3.08. The van der Waals surface area contributed by atoms with Gasteiger partial charge in [-0.2, -0.15) is 0 Å². The Labute approximate surface area is 88.2 Å². The summed E-state index contributed by atoms with van der Waals surface area (Å²) in [6, 6.07) is 0.291. The van der Waals surface area contributed by atoms with Crippen molar-refractivity contribution in [1.29, 1.82) is 0 Å².